The SMILES string of the molecule is COC(=O)/C=C\C(=O)Oc1cc(C(=O)OC)cc(C(=O)OC)c1. The Hall–Kier alpha value is -3.16. The summed E-state index contributed by atoms with van der Waals surface area (Å²) < 4.78 is 18.4. The van der Waals surface area contributed by atoms with Crippen LogP contribution < -0.4 is 4.74 Å². The second-order valence-corrected chi connectivity index (χ2v) is 4.01. The van der Waals surface area contributed by atoms with Crippen LogP contribution in [0.25, 0.3) is 0 Å². The molecule has 0 amide bonds. The highest BCUT2D eigenvalue weighted by Crippen LogP contribution is 2.19. The highest BCUT2D eigenvalue weighted by atomic mass is 16.5. The van der Waals surface area contributed by atoms with Crippen molar-refractivity contribution in [1.82, 2.24) is 0 Å². The van der Waals surface area contributed by atoms with Crippen LogP contribution in [0, 0.1) is 0 Å². The van der Waals surface area contributed by atoms with Gasteiger partial charge in [-0.1, -0.05) is 0 Å². The topological polar surface area (TPSA) is 105 Å². The third kappa shape index (κ3) is 5.27. The first-order chi connectivity index (χ1) is 10.9. The van der Waals surface area contributed by atoms with Gasteiger partial charge in [0.1, 0.15) is 5.75 Å². The molecule has 0 aliphatic heterocycles. The van der Waals surface area contributed by atoms with Crippen molar-refractivity contribution in [3.05, 3.63) is 41.5 Å². The standard InChI is InChI=1S/C15H14O8/c1-20-12(16)4-5-13(17)23-11-7-9(14(18)21-2)6-10(8-11)15(19)22-3/h4-8H,1-3H3/b5-4-. The number of rotatable bonds is 5. The number of benzene rings is 1. The second-order valence-electron chi connectivity index (χ2n) is 4.01. The normalized spacial score (nSPS) is 10.0. The Bertz CT molecular complexity index is 625. The van der Waals surface area contributed by atoms with Gasteiger partial charge in [-0.2, -0.15) is 0 Å². The first-order valence-electron chi connectivity index (χ1n) is 6.20. The van der Waals surface area contributed by atoms with Crippen LogP contribution in [-0.4, -0.2) is 45.2 Å². The lowest BCUT2D eigenvalue weighted by atomic mass is 10.1. The van der Waals surface area contributed by atoms with Crippen molar-refractivity contribution in [2.24, 2.45) is 0 Å². The van der Waals surface area contributed by atoms with E-state index in [2.05, 4.69) is 14.2 Å². The van der Waals surface area contributed by atoms with Crippen molar-refractivity contribution < 1.29 is 38.1 Å². The Morgan fingerprint density at radius 2 is 1.22 bits per heavy atom. The van der Waals surface area contributed by atoms with Crippen molar-refractivity contribution in [3.8, 4) is 5.75 Å². The molecular formula is C15H14O8. The van der Waals surface area contributed by atoms with E-state index in [1.165, 1.54) is 18.2 Å². The molecule has 122 valence electrons. The number of carbonyl (C=O) groups excluding carboxylic acids is 4. The molecule has 0 aliphatic carbocycles. The average molecular weight is 322 g/mol. The molecule has 0 saturated heterocycles. The van der Waals surface area contributed by atoms with Gasteiger partial charge in [-0.25, -0.2) is 19.2 Å². The van der Waals surface area contributed by atoms with Crippen molar-refractivity contribution >= 4 is 23.9 Å². The quantitative estimate of drug-likeness (QED) is 0.341. The largest absolute Gasteiger partial charge is 0.466 e. The molecular weight excluding hydrogens is 308 g/mol. The van der Waals surface area contributed by atoms with Gasteiger partial charge >= 0.3 is 23.9 Å². The van der Waals surface area contributed by atoms with Crippen LogP contribution in [0.2, 0.25) is 0 Å². The maximum absolute atomic E-state index is 11.6. The zero-order valence-corrected chi connectivity index (χ0v) is 12.7. The van der Waals surface area contributed by atoms with Gasteiger partial charge in [0.05, 0.1) is 32.5 Å². The Labute approximate surface area is 131 Å². The maximum atomic E-state index is 11.6. The number of esters is 4. The van der Waals surface area contributed by atoms with Crippen LogP contribution in [0.4, 0.5) is 0 Å². The van der Waals surface area contributed by atoms with Crippen LogP contribution in [0.15, 0.2) is 30.4 Å². The summed E-state index contributed by atoms with van der Waals surface area (Å²) in [6, 6.07) is 3.66. The van der Waals surface area contributed by atoms with Gasteiger partial charge < -0.3 is 18.9 Å². The molecule has 0 N–H and O–H groups in total. The highest BCUT2D eigenvalue weighted by molar-refractivity contribution is 5.97. The van der Waals surface area contributed by atoms with Crippen molar-refractivity contribution in [2.75, 3.05) is 21.3 Å². The third-order valence-electron chi connectivity index (χ3n) is 2.52. The molecule has 23 heavy (non-hydrogen) atoms. The smallest absolute Gasteiger partial charge is 0.338 e. The van der Waals surface area contributed by atoms with E-state index in [1.807, 2.05) is 0 Å². The molecule has 1 aromatic rings. The van der Waals surface area contributed by atoms with Gasteiger partial charge in [0.2, 0.25) is 0 Å². The predicted octanol–water partition coefficient (Wildman–Crippen LogP) is 0.894. The Morgan fingerprint density at radius 3 is 1.65 bits per heavy atom. The van der Waals surface area contributed by atoms with E-state index in [-0.39, 0.29) is 16.9 Å². The van der Waals surface area contributed by atoms with Gasteiger partial charge in [-0.05, 0) is 18.2 Å². The Morgan fingerprint density at radius 1 is 0.739 bits per heavy atom. The lowest BCUT2D eigenvalue weighted by molar-refractivity contribution is -0.135. The summed E-state index contributed by atoms with van der Waals surface area (Å²) in [7, 11) is 3.48. The number of hydrogen-bond donors (Lipinski definition) is 0. The van der Waals surface area contributed by atoms with Gasteiger partial charge in [0, 0.05) is 12.2 Å². The first-order valence-corrected chi connectivity index (χ1v) is 6.20. The minimum atomic E-state index is -0.895. The number of hydrogen-bond acceptors (Lipinski definition) is 8. The zero-order valence-electron chi connectivity index (χ0n) is 12.7. The van der Waals surface area contributed by atoms with Crippen LogP contribution in [0.5, 0.6) is 5.75 Å². The highest BCUT2D eigenvalue weighted by Gasteiger charge is 2.15. The fourth-order valence-electron chi connectivity index (χ4n) is 1.48. The summed E-state index contributed by atoms with van der Waals surface area (Å²) in [6.45, 7) is 0. The minimum absolute atomic E-state index is 0.00449. The molecule has 0 spiro atoms. The van der Waals surface area contributed by atoms with Crippen LogP contribution in [0.1, 0.15) is 20.7 Å². The number of methoxy groups -OCH3 is 3. The summed E-state index contributed by atoms with van der Waals surface area (Å²) in [5, 5.41) is 0. The molecule has 0 saturated carbocycles. The van der Waals surface area contributed by atoms with Crippen molar-refractivity contribution in [1.29, 1.82) is 0 Å². The Balaban J connectivity index is 3.07. The summed E-state index contributed by atoms with van der Waals surface area (Å²) in [6.07, 6.45) is 1.71. The molecule has 0 aliphatic rings. The zero-order chi connectivity index (χ0) is 17.4. The molecule has 0 heterocycles. The lowest BCUT2D eigenvalue weighted by Gasteiger charge is -2.07. The Kier molecular flexibility index (Phi) is 6.47. The predicted molar refractivity (Wildman–Crippen MR) is 75.9 cm³/mol. The average Bonchev–Trinajstić information content (AvgIpc) is 2.57. The summed E-state index contributed by atoms with van der Waals surface area (Å²) in [4.78, 5) is 45.6. The van der Waals surface area contributed by atoms with Gasteiger partial charge in [-0.3, -0.25) is 0 Å². The van der Waals surface area contributed by atoms with Gasteiger partial charge in [-0.15, -0.1) is 0 Å². The van der Waals surface area contributed by atoms with E-state index in [0.29, 0.717) is 0 Å². The molecule has 0 aromatic heterocycles. The molecule has 0 radical (unpaired) electrons. The van der Waals surface area contributed by atoms with Crippen molar-refractivity contribution in [2.45, 2.75) is 0 Å². The summed E-state index contributed by atoms with van der Waals surface area (Å²) >= 11 is 0. The molecule has 8 nitrogen and oxygen atoms in total. The summed E-state index contributed by atoms with van der Waals surface area (Å²) in [5.74, 6) is -3.17. The monoisotopic (exact) mass is 322 g/mol. The molecule has 0 bridgehead atoms. The fourth-order valence-corrected chi connectivity index (χ4v) is 1.48. The van der Waals surface area contributed by atoms with E-state index < -0.39 is 23.9 Å². The van der Waals surface area contributed by atoms with Crippen LogP contribution in [-0.2, 0) is 23.8 Å². The number of carbonyl (C=O) groups is 4. The molecule has 1 rings (SSSR count). The van der Waals surface area contributed by atoms with Crippen LogP contribution in [0.3, 0.4) is 0 Å². The fraction of sp³-hybridized carbons (Fsp3) is 0.200. The third-order valence-corrected chi connectivity index (χ3v) is 2.52. The molecule has 1 aromatic carbocycles. The summed E-state index contributed by atoms with van der Waals surface area (Å²) in [5.41, 5.74) is -0.00899. The minimum Gasteiger partial charge on any atom is -0.466 e. The molecule has 0 fully saturated rings. The van der Waals surface area contributed by atoms with E-state index in [9.17, 15) is 19.2 Å². The lowest BCUT2D eigenvalue weighted by Crippen LogP contribution is -2.10. The van der Waals surface area contributed by atoms with Gasteiger partial charge in [0.25, 0.3) is 0 Å². The first kappa shape index (κ1) is 17.9. The van der Waals surface area contributed by atoms with E-state index in [1.54, 1.807) is 0 Å². The molecule has 8 heteroatoms. The van der Waals surface area contributed by atoms with Crippen LogP contribution >= 0.6 is 0 Å². The van der Waals surface area contributed by atoms with E-state index >= 15 is 0 Å². The molecule has 0 unspecified atom stereocenters. The van der Waals surface area contributed by atoms with E-state index in [0.717, 1.165) is 33.5 Å². The maximum Gasteiger partial charge on any atom is 0.338 e. The number of ether oxygens (including phenoxy) is 4. The van der Waals surface area contributed by atoms with E-state index in [4.69, 9.17) is 4.74 Å². The van der Waals surface area contributed by atoms with Crippen molar-refractivity contribution in [3.63, 3.8) is 0 Å². The van der Waals surface area contributed by atoms with Gasteiger partial charge in [0.15, 0.2) is 0 Å². The molecule has 0 atom stereocenters. The second kappa shape index (κ2) is 8.32.